The molecule has 2 heterocycles. The molecule has 9 nitrogen and oxygen atoms in total. The molecule has 14 heteroatoms. The van der Waals surface area contributed by atoms with Crippen LogP contribution in [-0.2, 0) is 10.0 Å². The summed E-state index contributed by atoms with van der Waals surface area (Å²) in [4.78, 5) is 11.5. The van der Waals surface area contributed by atoms with Gasteiger partial charge >= 0.3 is 0 Å². The second kappa shape index (κ2) is 15.7. The van der Waals surface area contributed by atoms with Gasteiger partial charge in [0.15, 0.2) is 23.6 Å². The van der Waals surface area contributed by atoms with Crippen molar-refractivity contribution in [2.24, 2.45) is 9.98 Å². The minimum atomic E-state index is -3.69. The molecule has 0 atom stereocenters. The molecule has 0 aromatic carbocycles. The highest BCUT2D eigenvalue weighted by Crippen LogP contribution is 2.11. The molecule has 0 saturated carbocycles. The third-order valence-electron chi connectivity index (χ3n) is 3.44. The number of allylic oxidation sites excluding steroid dienone is 1. The van der Waals surface area contributed by atoms with Crippen molar-refractivity contribution in [3.63, 3.8) is 0 Å². The van der Waals surface area contributed by atoms with Gasteiger partial charge in [-0.15, -0.1) is 0 Å². The van der Waals surface area contributed by atoms with E-state index in [1.807, 2.05) is 18.6 Å². The zero-order valence-corrected chi connectivity index (χ0v) is 19.8. The highest BCUT2D eigenvalue weighted by Gasteiger charge is 2.18. The topological polar surface area (TPSA) is 141 Å². The number of aromatic amines is 1. The first-order valence-corrected chi connectivity index (χ1v) is 10.9. The van der Waals surface area contributed by atoms with E-state index in [2.05, 4.69) is 30.7 Å². The van der Waals surface area contributed by atoms with Crippen molar-refractivity contribution in [1.82, 2.24) is 10.0 Å². The van der Waals surface area contributed by atoms with Crippen LogP contribution in [-0.4, -0.2) is 51.9 Å². The molecule has 0 amide bonds. The number of sulfonamides is 1. The van der Waals surface area contributed by atoms with E-state index in [9.17, 15) is 8.42 Å². The van der Waals surface area contributed by atoms with E-state index in [0.717, 1.165) is 17.2 Å². The molecule has 0 unspecified atom stereocenters. The van der Waals surface area contributed by atoms with Gasteiger partial charge in [0.2, 0.25) is 5.96 Å². The van der Waals surface area contributed by atoms with Gasteiger partial charge in [0.05, 0.1) is 13.1 Å². The third-order valence-corrected chi connectivity index (χ3v) is 5.74. The van der Waals surface area contributed by atoms with Gasteiger partial charge in [0, 0.05) is 31.0 Å². The molecular formula is C15H26Cl3N7O2S2. The average Bonchev–Trinajstić information content (AvgIpc) is 3.04. The van der Waals surface area contributed by atoms with Crippen molar-refractivity contribution in [3.05, 3.63) is 35.9 Å². The van der Waals surface area contributed by atoms with Crippen molar-refractivity contribution >= 4 is 34.1 Å². The fourth-order valence-corrected chi connectivity index (χ4v) is 3.92. The maximum atomic E-state index is 12.4. The molecule has 29 heavy (non-hydrogen) atoms. The van der Waals surface area contributed by atoms with Gasteiger partial charge in [-0.2, -0.15) is 11.8 Å². The molecule has 2 rings (SSSR count). The van der Waals surface area contributed by atoms with E-state index in [1.54, 1.807) is 24.0 Å². The van der Waals surface area contributed by atoms with Crippen LogP contribution in [0.2, 0.25) is 0 Å². The first-order valence-electron chi connectivity index (χ1n) is 8.24. The van der Waals surface area contributed by atoms with Crippen LogP contribution >= 0.6 is 11.8 Å². The summed E-state index contributed by atoms with van der Waals surface area (Å²) in [6.45, 7) is 3.66. The number of halogens is 3. The predicted molar refractivity (Wildman–Crippen MR) is 102 cm³/mol. The Hall–Kier alpha value is -1.08. The van der Waals surface area contributed by atoms with E-state index in [0.29, 0.717) is 19.6 Å². The second-order valence-corrected chi connectivity index (χ2v) is 8.27. The quantitative estimate of drug-likeness (QED) is 0.150. The number of hydrogen-bond donors (Lipinski definition) is 4. The number of guanidine groups is 1. The summed E-state index contributed by atoms with van der Waals surface area (Å²) >= 11 is 1.73. The van der Waals surface area contributed by atoms with E-state index in [1.165, 1.54) is 18.0 Å². The van der Waals surface area contributed by atoms with Gasteiger partial charge in [0.1, 0.15) is 11.4 Å². The Kier molecular flexibility index (Phi) is 16.3. The van der Waals surface area contributed by atoms with Gasteiger partial charge in [-0.25, -0.2) is 28.1 Å². The van der Waals surface area contributed by atoms with Gasteiger partial charge < -0.3 is 48.3 Å². The van der Waals surface area contributed by atoms with Crippen LogP contribution in [0.15, 0.2) is 50.8 Å². The van der Waals surface area contributed by atoms with Crippen molar-refractivity contribution in [2.75, 3.05) is 31.1 Å². The van der Waals surface area contributed by atoms with Gasteiger partial charge in [-0.05, 0) is 6.07 Å². The van der Waals surface area contributed by atoms with Crippen molar-refractivity contribution in [3.8, 4) is 0 Å². The minimum absolute atomic E-state index is 0. The molecule has 0 saturated heterocycles. The van der Waals surface area contributed by atoms with Crippen LogP contribution in [0.5, 0.6) is 0 Å². The molecule has 1 aliphatic rings. The molecule has 0 radical (unpaired) electrons. The Morgan fingerprint density at radius 2 is 2.14 bits per heavy atom. The molecule has 0 aliphatic carbocycles. The summed E-state index contributed by atoms with van der Waals surface area (Å²) in [6.07, 6.45) is 4.88. The number of rotatable bonds is 9. The smallest absolute Gasteiger partial charge is 0.270 e. The maximum Gasteiger partial charge on any atom is 0.270 e. The zero-order chi connectivity index (χ0) is 18.8. The highest BCUT2D eigenvalue weighted by molar-refractivity contribution is 7.99. The van der Waals surface area contributed by atoms with Crippen LogP contribution in [0.3, 0.4) is 0 Å². The summed E-state index contributed by atoms with van der Waals surface area (Å²) in [6, 6.07) is 3.15. The second-order valence-electron chi connectivity index (χ2n) is 5.48. The highest BCUT2D eigenvalue weighted by atomic mass is 35.5. The van der Waals surface area contributed by atoms with Crippen molar-refractivity contribution < 1.29 is 61.7 Å². The van der Waals surface area contributed by atoms with Crippen LogP contribution < -0.4 is 63.3 Å². The largest absolute Gasteiger partial charge is 1.00 e. The predicted octanol–water partition coefficient (Wildman–Crippen LogP) is -11.5. The lowest BCUT2D eigenvalue weighted by molar-refractivity contribution is -0.469. The van der Waals surface area contributed by atoms with Crippen LogP contribution in [0, 0.1) is 0 Å². The van der Waals surface area contributed by atoms with Crippen LogP contribution in [0.25, 0.3) is 0 Å². The fraction of sp³-hybridized carbons (Fsp3) is 0.400. The van der Waals surface area contributed by atoms with E-state index >= 15 is 0 Å². The van der Waals surface area contributed by atoms with Gasteiger partial charge in [-0.3, -0.25) is 5.32 Å². The number of H-pyrrole nitrogens is 1. The number of nitrogens with zero attached hydrogens (tertiary/aromatic N) is 2. The first kappa shape index (κ1) is 30.1. The molecule has 1 aliphatic heterocycles. The summed E-state index contributed by atoms with van der Waals surface area (Å²) < 4.78 is 27.3. The number of quaternary nitrogens is 2. The first-order chi connectivity index (χ1) is 12.5. The molecule has 0 spiro atoms. The minimum Gasteiger partial charge on any atom is -1.00 e. The van der Waals surface area contributed by atoms with Crippen LogP contribution in [0.4, 0.5) is 0 Å². The number of thioether (sulfide) groups is 1. The summed E-state index contributed by atoms with van der Waals surface area (Å²) in [5.74, 6) is 1.87. The molecule has 1 aromatic heterocycles. The Balaban J connectivity index is 0. The number of aliphatic imine (C=N–C) groups is 2. The maximum absolute atomic E-state index is 12.4. The zero-order valence-electron chi connectivity index (χ0n) is 15.9. The van der Waals surface area contributed by atoms with E-state index in [-0.39, 0.29) is 48.1 Å². The lowest BCUT2D eigenvalue weighted by atomic mass is 10.4. The standard InChI is InChI=1S/C15H23N7O2S2.3ClH/c1-12-14(21-11-20-12)10-25-8-7-19-15(18-6-4-16)22-26(23,24)13-3-2-5-17-9-13;;;/h2-3,5,9,11H,4,6-8,10,16H2,1H3,(H,20,21)(H2,18,19,22);3*1H. The molecule has 1 aromatic rings. The lowest BCUT2D eigenvalue weighted by Gasteiger charge is -2.12. The van der Waals surface area contributed by atoms with Gasteiger partial charge in [-0.1, -0.05) is 0 Å². The number of pyridine rings is 1. The normalized spacial score (nSPS) is 13.2. The molecule has 166 valence electrons. The molecule has 8 N–H and O–H groups in total. The Bertz CT molecular complexity index is 790. The van der Waals surface area contributed by atoms with Gasteiger partial charge in [0.25, 0.3) is 10.0 Å². The summed E-state index contributed by atoms with van der Waals surface area (Å²) in [5.41, 5.74) is 6.01. The Morgan fingerprint density at radius 1 is 1.38 bits per heavy atom. The van der Waals surface area contributed by atoms with Crippen molar-refractivity contribution in [1.29, 1.82) is 0 Å². The number of aromatic nitrogens is 1. The number of nitrogens with two attached hydrogens (primary N) is 1. The Labute approximate surface area is 194 Å². The average molecular weight is 507 g/mol. The molecular weight excluding hydrogens is 481 g/mol. The third kappa shape index (κ3) is 10.5. The molecule has 0 fully saturated rings. The number of nitrogens with one attached hydrogen (secondary N) is 3. The SMILES string of the molecule is CC1=C(CSCCNC(=NCC[NH3+])NS(=O)(=O)c2ccc[nH+]c2)N=C[NH2+]1.[Cl-].[Cl-].[Cl-]. The lowest BCUT2D eigenvalue weighted by Crippen LogP contribution is -3.00. The summed E-state index contributed by atoms with van der Waals surface area (Å²) in [5, 5.41) is 5.05. The van der Waals surface area contributed by atoms with Crippen LogP contribution in [0.1, 0.15) is 6.92 Å². The van der Waals surface area contributed by atoms with E-state index in [4.69, 9.17) is 0 Å². The molecule has 0 bridgehead atoms. The Morgan fingerprint density at radius 3 is 2.72 bits per heavy atom. The van der Waals surface area contributed by atoms with E-state index < -0.39 is 10.0 Å². The summed E-state index contributed by atoms with van der Waals surface area (Å²) in [7, 11) is -3.69. The van der Waals surface area contributed by atoms with Crippen molar-refractivity contribution in [2.45, 2.75) is 11.8 Å². The fourth-order valence-electron chi connectivity index (χ4n) is 2.04. The monoisotopic (exact) mass is 505 g/mol. The number of hydrogen-bond acceptors (Lipinski definition) is 5.